The van der Waals surface area contributed by atoms with E-state index in [2.05, 4.69) is 20.6 Å². The maximum Gasteiger partial charge on any atom is 0.350 e. The molecule has 0 atom stereocenters. The highest BCUT2D eigenvalue weighted by molar-refractivity contribution is 5.90. The zero-order chi connectivity index (χ0) is 22.9. The third kappa shape index (κ3) is 3.99. The number of nitrogens with zero attached hydrogens (tertiary/aromatic N) is 5. The van der Waals surface area contributed by atoms with Gasteiger partial charge in [0.25, 0.3) is 5.89 Å². The van der Waals surface area contributed by atoms with Crippen LogP contribution >= 0.6 is 0 Å². The van der Waals surface area contributed by atoms with Gasteiger partial charge >= 0.3 is 5.69 Å². The van der Waals surface area contributed by atoms with Crippen LogP contribution in [0.3, 0.4) is 0 Å². The molecule has 0 unspecified atom stereocenters. The number of hydrogen-bond acceptors (Lipinski definition) is 6. The lowest BCUT2D eigenvalue weighted by Gasteiger charge is -2.04. The summed E-state index contributed by atoms with van der Waals surface area (Å²) >= 11 is 0. The van der Waals surface area contributed by atoms with Crippen LogP contribution in [-0.2, 0) is 11.3 Å². The lowest BCUT2D eigenvalue weighted by atomic mass is 10.2. The molecular formula is C22H14F2N6O3. The molecule has 0 radical (unpaired) electrons. The van der Waals surface area contributed by atoms with Crippen molar-refractivity contribution in [2.45, 2.75) is 6.54 Å². The van der Waals surface area contributed by atoms with Gasteiger partial charge in [-0.25, -0.2) is 22.7 Å². The number of pyridine rings is 1. The van der Waals surface area contributed by atoms with Gasteiger partial charge in [0.05, 0.1) is 5.56 Å². The fourth-order valence-electron chi connectivity index (χ4n) is 3.26. The molecule has 33 heavy (non-hydrogen) atoms. The predicted molar refractivity (Wildman–Crippen MR) is 113 cm³/mol. The molecule has 5 rings (SSSR count). The van der Waals surface area contributed by atoms with Crippen LogP contribution in [0, 0.1) is 11.6 Å². The van der Waals surface area contributed by atoms with Crippen molar-refractivity contribution < 1.29 is 18.1 Å². The zero-order valence-corrected chi connectivity index (χ0v) is 16.8. The summed E-state index contributed by atoms with van der Waals surface area (Å²) in [6, 6.07) is 14.2. The topological polar surface area (TPSA) is 107 Å². The quantitative estimate of drug-likeness (QED) is 0.443. The minimum atomic E-state index is -0.550. The van der Waals surface area contributed by atoms with Crippen molar-refractivity contribution in [1.82, 2.24) is 24.3 Å². The van der Waals surface area contributed by atoms with Gasteiger partial charge in [-0.2, -0.15) is 4.98 Å². The first kappa shape index (κ1) is 20.2. The number of fused-ring (bicyclic) bond motifs is 1. The Kier molecular flexibility index (Phi) is 4.98. The van der Waals surface area contributed by atoms with E-state index in [-0.39, 0.29) is 23.9 Å². The highest BCUT2D eigenvalue weighted by Crippen LogP contribution is 2.24. The maximum absolute atomic E-state index is 13.5. The summed E-state index contributed by atoms with van der Waals surface area (Å²) in [5, 5.41) is 10.7. The van der Waals surface area contributed by atoms with E-state index < -0.39 is 23.2 Å². The number of rotatable bonds is 5. The normalized spacial score (nSPS) is 11.1. The third-order valence-corrected chi connectivity index (χ3v) is 4.77. The summed E-state index contributed by atoms with van der Waals surface area (Å²) in [6.45, 7) is -0.365. The summed E-state index contributed by atoms with van der Waals surface area (Å²) in [7, 11) is 0. The molecule has 0 aliphatic carbocycles. The smallest absolute Gasteiger partial charge is 0.333 e. The molecule has 5 aromatic rings. The number of anilines is 1. The molecule has 0 aliphatic rings. The summed E-state index contributed by atoms with van der Waals surface area (Å²) < 4.78 is 34.1. The number of carbonyl (C=O) groups excluding carboxylic acids is 1. The van der Waals surface area contributed by atoms with Gasteiger partial charge in [-0.1, -0.05) is 17.3 Å². The Bertz CT molecular complexity index is 1540. The van der Waals surface area contributed by atoms with Crippen molar-refractivity contribution >= 4 is 17.2 Å². The largest absolute Gasteiger partial charge is 0.350 e. The highest BCUT2D eigenvalue weighted by atomic mass is 19.1. The zero-order valence-electron chi connectivity index (χ0n) is 16.8. The second-order valence-electron chi connectivity index (χ2n) is 7.04. The first-order valence-corrected chi connectivity index (χ1v) is 9.71. The lowest BCUT2D eigenvalue weighted by molar-refractivity contribution is -0.117. The molecule has 3 aromatic heterocycles. The Morgan fingerprint density at radius 3 is 2.64 bits per heavy atom. The van der Waals surface area contributed by atoms with E-state index in [0.29, 0.717) is 16.8 Å². The fraction of sp³-hybridized carbons (Fsp3) is 0.0455. The molecule has 0 saturated heterocycles. The molecule has 11 heteroatoms. The number of nitrogens with one attached hydrogen (secondary N) is 1. The summed E-state index contributed by atoms with van der Waals surface area (Å²) in [5.74, 6) is -1.14. The van der Waals surface area contributed by atoms with Crippen LogP contribution in [0.2, 0.25) is 0 Å². The predicted octanol–water partition coefficient (Wildman–Crippen LogP) is 3.13. The van der Waals surface area contributed by atoms with Crippen molar-refractivity contribution in [3.8, 4) is 22.8 Å². The van der Waals surface area contributed by atoms with Crippen LogP contribution in [0.25, 0.3) is 28.5 Å². The van der Waals surface area contributed by atoms with E-state index in [4.69, 9.17) is 4.52 Å². The van der Waals surface area contributed by atoms with Gasteiger partial charge in [0.2, 0.25) is 11.7 Å². The Hall–Kier alpha value is -4.67. The van der Waals surface area contributed by atoms with E-state index in [0.717, 1.165) is 4.68 Å². The van der Waals surface area contributed by atoms with Crippen molar-refractivity contribution in [2.75, 3.05) is 5.32 Å². The van der Waals surface area contributed by atoms with Crippen LogP contribution < -0.4 is 11.0 Å². The summed E-state index contributed by atoms with van der Waals surface area (Å²) in [5.41, 5.74) is 0.826. The summed E-state index contributed by atoms with van der Waals surface area (Å²) in [4.78, 5) is 29.4. The number of hydrogen-bond donors (Lipinski definition) is 1. The van der Waals surface area contributed by atoms with Crippen LogP contribution in [0.1, 0.15) is 0 Å². The number of aromatic nitrogens is 5. The van der Waals surface area contributed by atoms with Crippen LogP contribution in [0.5, 0.6) is 0 Å². The number of halogens is 2. The van der Waals surface area contributed by atoms with Gasteiger partial charge in [-0.15, -0.1) is 5.10 Å². The highest BCUT2D eigenvalue weighted by Gasteiger charge is 2.19. The minimum Gasteiger partial charge on any atom is -0.333 e. The average Bonchev–Trinajstić information content (AvgIpc) is 3.41. The van der Waals surface area contributed by atoms with Gasteiger partial charge in [0.1, 0.15) is 18.2 Å². The van der Waals surface area contributed by atoms with Gasteiger partial charge in [-0.3, -0.25) is 4.79 Å². The van der Waals surface area contributed by atoms with Gasteiger partial charge in [0.15, 0.2) is 5.65 Å². The maximum atomic E-state index is 13.5. The van der Waals surface area contributed by atoms with Gasteiger partial charge in [-0.05, 0) is 48.5 Å². The monoisotopic (exact) mass is 448 g/mol. The first-order chi connectivity index (χ1) is 16.0. The number of benzene rings is 2. The molecular weight excluding hydrogens is 434 g/mol. The lowest BCUT2D eigenvalue weighted by Crippen LogP contribution is -2.28. The summed E-state index contributed by atoms with van der Waals surface area (Å²) in [6.07, 6.45) is 1.49. The van der Waals surface area contributed by atoms with E-state index in [1.807, 2.05) is 0 Å². The molecule has 3 heterocycles. The van der Waals surface area contributed by atoms with Crippen LogP contribution in [0.15, 0.2) is 76.2 Å². The third-order valence-electron chi connectivity index (χ3n) is 4.77. The standard InChI is InChI=1S/C22H14F2N6O3/c23-14-6-8-16(9-7-14)25-18(31)12-30-22(32)29-10-2-5-17(20(29)27-30)21-26-19(28-33-21)13-3-1-4-15(24)11-13/h1-11H,12H2,(H,25,31). The fourth-order valence-corrected chi connectivity index (χ4v) is 3.26. The number of carbonyl (C=O) groups is 1. The Morgan fingerprint density at radius 2 is 1.85 bits per heavy atom. The van der Waals surface area contributed by atoms with Gasteiger partial charge in [0, 0.05) is 17.4 Å². The van der Waals surface area contributed by atoms with E-state index >= 15 is 0 Å². The molecule has 1 amide bonds. The van der Waals surface area contributed by atoms with Crippen molar-refractivity contribution in [2.24, 2.45) is 0 Å². The SMILES string of the molecule is O=C(Cn1nc2c(-c3nc(-c4cccc(F)c4)no3)cccn2c1=O)Nc1ccc(F)cc1. The number of amides is 1. The Balaban J connectivity index is 1.45. The molecule has 0 saturated carbocycles. The van der Waals surface area contributed by atoms with Crippen molar-refractivity contribution in [1.29, 1.82) is 0 Å². The molecule has 0 fully saturated rings. The van der Waals surface area contributed by atoms with E-state index in [9.17, 15) is 18.4 Å². The first-order valence-electron chi connectivity index (χ1n) is 9.71. The molecule has 1 N–H and O–H groups in total. The van der Waals surface area contributed by atoms with E-state index in [1.54, 1.807) is 18.2 Å². The minimum absolute atomic E-state index is 0.0766. The van der Waals surface area contributed by atoms with Crippen LogP contribution in [-0.4, -0.2) is 30.2 Å². The molecule has 2 aromatic carbocycles. The second-order valence-corrected chi connectivity index (χ2v) is 7.04. The molecule has 0 aliphatic heterocycles. The van der Waals surface area contributed by atoms with Gasteiger partial charge < -0.3 is 9.84 Å². The van der Waals surface area contributed by atoms with E-state index in [1.165, 1.54) is 53.1 Å². The molecule has 9 nitrogen and oxygen atoms in total. The Morgan fingerprint density at radius 1 is 1.03 bits per heavy atom. The van der Waals surface area contributed by atoms with Crippen molar-refractivity contribution in [3.05, 3.63) is 89.0 Å². The molecule has 164 valence electrons. The molecule has 0 spiro atoms. The van der Waals surface area contributed by atoms with Crippen molar-refractivity contribution in [3.63, 3.8) is 0 Å². The Labute approximate surface area is 183 Å². The molecule has 0 bridgehead atoms. The average molecular weight is 448 g/mol. The second kappa shape index (κ2) is 8.11. The van der Waals surface area contributed by atoms with Crippen LogP contribution in [0.4, 0.5) is 14.5 Å².